The number of H-pyrrole nitrogens is 1. The summed E-state index contributed by atoms with van der Waals surface area (Å²) in [6.45, 7) is 1.98. The van der Waals surface area contributed by atoms with Gasteiger partial charge in [-0.1, -0.05) is 42.1 Å². The maximum atomic E-state index is 13.0. The van der Waals surface area contributed by atoms with E-state index in [0.29, 0.717) is 21.9 Å². The molecule has 0 saturated heterocycles. The summed E-state index contributed by atoms with van der Waals surface area (Å²) in [6.07, 6.45) is 1.47. The van der Waals surface area contributed by atoms with Gasteiger partial charge < -0.3 is 4.90 Å². The number of aryl methyl sites for hydroxylation is 1. The number of fused-ring (bicyclic) bond motifs is 1. The molecule has 0 aliphatic carbocycles. The van der Waals surface area contributed by atoms with E-state index in [0.717, 1.165) is 11.3 Å². The lowest BCUT2D eigenvalue weighted by Gasteiger charge is -2.18. The van der Waals surface area contributed by atoms with E-state index in [2.05, 4.69) is 15.2 Å². The number of hydrogen-bond donors (Lipinski definition) is 1. The molecule has 1 amide bonds. The van der Waals surface area contributed by atoms with Crippen molar-refractivity contribution in [1.29, 1.82) is 0 Å². The molecule has 0 radical (unpaired) electrons. The molecule has 0 saturated carbocycles. The lowest BCUT2D eigenvalue weighted by molar-refractivity contribution is -0.115. The van der Waals surface area contributed by atoms with Crippen LogP contribution < -0.4 is 10.5 Å². The van der Waals surface area contributed by atoms with E-state index in [1.807, 2.05) is 61.5 Å². The maximum absolute atomic E-state index is 13.0. The first kappa shape index (κ1) is 18.9. The molecule has 0 atom stereocenters. The lowest BCUT2D eigenvalue weighted by atomic mass is 10.2. The van der Waals surface area contributed by atoms with E-state index in [9.17, 15) is 9.59 Å². The van der Waals surface area contributed by atoms with Gasteiger partial charge in [0.15, 0.2) is 10.8 Å². The van der Waals surface area contributed by atoms with Gasteiger partial charge in [-0.05, 0) is 36.8 Å². The number of benzene rings is 2. The van der Waals surface area contributed by atoms with Crippen LogP contribution in [0.5, 0.6) is 0 Å². The number of aromatic nitrogens is 4. The van der Waals surface area contributed by atoms with E-state index in [1.165, 1.54) is 22.5 Å². The second-order valence-corrected chi connectivity index (χ2v) is 7.53. The Hall–Kier alpha value is -3.39. The normalized spacial score (nSPS) is 11.0. The standard InChI is InChI=1S/C21H19N5O2S/c1-14-7-6-10-16(11-14)25(2)18(27)13-29-21-23-19-17(12-22-24-19)20(28)26(21)15-8-4-3-5-9-15/h3-12H,13H2,1-2H3,(H,22,24). The summed E-state index contributed by atoms with van der Waals surface area (Å²) >= 11 is 1.22. The van der Waals surface area contributed by atoms with E-state index >= 15 is 0 Å². The molecule has 2 aromatic heterocycles. The summed E-state index contributed by atoms with van der Waals surface area (Å²) in [4.78, 5) is 31.9. The molecule has 0 aliphatic heterocycles. The minimum Gasteiger partial charge on any atom is -0.315 e. The summed E-state index contributed by atoms with van der Waals surface area (Å²) in [5.41, 5.74) is 2.78. The van der Waals surface area contributed by atoms with Crippen molar-refractivity contribution in [2.24, 2.45) is 0 Å². The second-order valence-electron chi connectivity index (χ2n) is 6.58. The van der Waals surface area contributed by atoms with Gasteiger partial charge in [-0.25, -0.2) is 4.98 Å². The fourth-order valence-electron chi connectivity index (χ4n) is 2.98. The SMILES string of the molecule is Cc1cccc(N(C)C(=O)CSc2nc3[nH]ncc3c(=O)n2-c2ccccc2)c1. The van der Waals surface area contributed by atoms with Crippen molar-refractivity contribution in [2.75, 3.05) is 17.7 Å². The molecule has 2 aromatic carbocycles. The van der Waals surface area contributed by atoms with Crippen molar-refractivity contribution in [2.45, 2.75) is 12.1 Å². The highest BCUT2D eigenvalue weighted by molar-refractivity contribution is 7.99. The molecule has 4 rings (SSSR count). The molecular formula is C21H19N5O2S. The third kappa shape index (κ3) is 3.79. The third-order valence-electron chi connectivity index (χ3n) is 4.55. The van der Waals surface area contributed by atoms with Gasteiger partial charge in [-0.15, -0.1) is 0 Å². The van der Waals surface area contributed by atoms with Crippen LogP contribution in [0, 0.1) is 6.92 Å². The zero-order valence-electron chi connectivity index (χ0n) is 16.0. The molecular weight excluding hydrogens is 386 g/mol. The summed E-state index contributed by atoms with van der Waals surface area (Å²) in [5.74, 6) is 0.0581. The number of thioether (sulfide) groups is 1. The van der Waals surface area contributed by atoms with Gasteiger partial charge >= 0.3 is 0 Å². The predicted octanol–water partition coefficient (Wildman–Crippen LogP) is 3.17. The predicted molar refractivity (Wildman–Crippen MR) is 115 cm³/mol. The monoisotopic (exact) mass is 405 g/mol. The maximum Gasteiger partial charge on any atom is 0.269 e. The average molecular weight is 405 g/mol. The average Bonchev–Trinajstić information content (AvgIpc) is 3.21. The number of carbonyl (C=O) groups is 1. The van der Waals surface area contributed by atoms with Gasteiger partial charge in [-0.3, -0.25) is 19.3 Å². The molecule has 0 fully saturated rings. The van der Waals surface area contributed by atoms with Gasteiger partial charge in [-0.2, -0.15) is 5.10 Å². The number of rotatable bonds is 5. The van der Waals surface area contributed by atoms with Crippen LogP contribution in [0.3, 0.4) is 0 Å². The molecule has 146 valence electrons. The number of nitrogens with one attached hydrogen (secondary N) is 1. The fourth-order valence-corrected chi connectivity index (χ4v) is 3.90. The zero-order chi connectivity index (χ0) is 20.4. The molecule has 7 nitrogen and oxygen atoms in total. The van der Waals surface area contributed by atoms with Crippen LogP contribution in [0.25, 0.3) is 16.7 Å². The van der Waals surface area contributed by atoms with E-state index in [4.69, 9.17) is 0 Å². The second kappa shape index (κ2) is 7.92. The van der Waals surface area contributed by atoms with Crippen LogP contribution in [-0.4, -0.2) is 38.5 Å². The van der Waals surface area contributed by atoms with Crippen LogP contribution in [-0.2, 0) is 4.79 Å². The summed E-state index contributed by atoms with van der Waals surface area (Å²) < 4.78 is 1.52. The van der Waals surface area contributed by atoms with Gasteiger partial charge in [0.1, 0.15) is 5.39 Å². The van der Waals surface area contributed by atoms with E-state index < -0.39 is 0 Å². The molecule has 0 aliphatic rings. The Kier molecular flexibility index (Phi) is 5.18. The number of anilines is 1. The number of para-hydroxylation sites is 1. The van der Waals surface area contributed by atoms with Crippen LogP contribution in [0.1, 0.15) is 5.56 Å². The smallest absolute Gasteiger partial charge is 0.269 e. The Morgan fingerprint density at radius 3 is 2.72 bits per heavy atom. The molecule has 2 heterocycles. The minimum atomic E-state index is -0.225. The Morgan fingerprint density at radius 1 is 1.17 bits per heavy atom. The number of hydrogen-bond acceptors (Lipinski definition) is 5. The summed E-state index contributed by atoms with van der Waals surface area (Å²) in [6, 6.07) is 17.0. The number of amides is 1. The minimum absolute atomic E-state index is 0.0841. The first-order valence-electron chi connectivity index (χ1n) is 9.02. The Labute approximate surface area is 171 Å². The Bertz CT molecular complexity index is 1230. The zero-order valence-corrected chi connectivity index (χ0v) is 16.8. The van der Waals surface area contributed by atoms with Crippen molar-refractivity contribution in [3.05, 3.63) is 76.7 Å². The van der Waals surface area contributed by atoms with E-state index in [1.54, 1.807) is 11.9 Å². The van der Waals surface area contributed by atoms with Crippen molar-refractivity contribution < 1.29 is 4.79 Å². The van der Waals surface area contributed by atoms with Crippen molar-refractivity contribution in [1.82, 2.24) is 19.7 Å². The Balaban J connectivity index is 1.65. The van der Waals surface area contributed by atoms with Crippen molar-refractivity contribution in [3.63, 3.8) is 0 Å². The van der Waals surface area contributed by atoms with Gasteiger partial charge in [0.05, 0.1) is 17.6 Å². The highest BCUT2D eigenvalue weighted by atomic mass is 32.2. The molecule has 1 N–H and O–H groups in total. The largest absolute Gasteiger partial charge is 0.315 e. The lowest BCUT2D eigenvalue weighted by Crippen LogP contribution is -2.28. The first-order chi connectivity index (χ1) is 14.0. The van der Waals surface area contributed by atoms with E-state index in [-0.39, 0.29) is 17.2 Å². The summed E-state index contributed by atoms with van der Waals surface area (Å²) in [7, 11) is 1.74. The Morgan fingerprint density at radius 2 is 1.97 bits per heavy atom. The van der Waals surface area contributed by atoms with Crippen LogP contribution >= 0.6 is 11.8 Å². The van der Waals surface area contributed by atoms with Gasteiger partial charge in [0.25, 0.3) is 5.56 Å². The molecule has 4 aromatic rings. The van der Waals surface area contributed by atoms with Crippen molar-refractivity contribution >= 4 is 34.4 Å². The molecule has 29 heavy (non-hydrogen) atoms. The number of aromatic amines is 1. The topological polar surface area (TPSA) is 83.9 Å². The fraction of sp³-hybridized carbons (Fsp3) is 0.143. The molecule has 8 heteroatoms. The van der Waals surface area contributed by atoms with Gasteiger partial charge in [0, 0.05) is 12.7 Å². The van der Waals surface area contributed by atoms with Crippen LogP contribution in [0.2, 0.25) is 0 Å². The van der Waals surface area contributed by atoms with Gasteiger partial charge in [0.2, 0.25) is 5.91 Å². The van der Waals surface area contributed by atoms with Crippen LogP contribution in [0.15, 0.2) is 70.7 Å². The molecule has 0 unspecified atom stereocenters. The first-order valence-corrected chi connectivity index (χ1v) is 10.0. The third-order valence-corrected chi connectivity index (χ3v) is 5.48. The summed E-state index contributed by atoms with van der Waals surface area (Å²) in [5, 5.41) is 7.50. The molecule has 0 bridgehead atoms. The van der Waals surface area contributed by atoms with Crippen LogP contribution in [0.4, 0.5) is 5.69 Å². The highest BCUT2D eigenvalue weighted by Gasteiger charge is 2.17. The highest BCUT2D eigenvalue weighted by Crippen LogP contribution is 2.22. The number of nitrogens with zero attached hydrogens (tertiary/aromatic N) is 4. The molecule has 0 spiro atoms. The quantitative estimate of drug-likeness (QED) is 0.407. The number of carbonyl (C=O) groups excluding carboxylic acids is 1. The van der Waals surface area contributed by atoms with Crippen molar-refractivity contribution in [3.8, 4) is 5.69 Å².